The second kappa shape index (κ2) is 6.83. The van der Waals surface area contributed by atoms with Gasteiger partial charge < -0.3 is 10.4 Å². The van der Waals surface area contributed by atoms with E-state index in [9.17, 15) is 9.90 Å². The minimum atomic E-state index is -0.308. The summed E-state index contributed by atoms with van der Waals surface area (Å²) in [5, 5.41) is 13.7. The number of hydrogen-bond donors (Lipinski definition) is 2. The van der Waals surface area contributed by atoms with Crippen molar-refractivity contribution >= 4 is 29.1 Å². The van der Waals surface area contributed by atoms with E-state index in [-0.39, 0.29) is 17.2 Å². The van der Waals surface area contributed by atoms with E-state index in [1.54, 1.807) is 30.3 Å². The molecule has 2 rings (SSSR count). The molecule has 0 bridgehead atoms. The monoisotopic (exact) mass is 323 g/mol. The zero-order valence-corrected chi connectivity index (χ0v) is 13.0. The lowest BCUT2D eigenvalue weighted by molar-refractivity contribution is 0.0951. The molecular formula is C16H15Cl2NO2. The number of phenols is 1. The van der Waals surface area contributed by atoms with Crippen LogP contribution < -0.4 is 5.32 Å². The van der Waals surface area contributed by atoms with Crippen molar-refractivity contribution in [3.05, 3.63) is 63.1 Å². The molecule has 0 aliphatic heterocycles. The first-order valence-corrected chi connectivity index (χ1v) is 7.24. The molecular weight excluding hydrogens is 309 g/mol. The normalized spacial score (nSPS) is 10.4. The molecule has 0 heterocycles. The highest BCUT2D eigenvalue weighted by Crippen LogP contribution is 2.21. The minimum absolute atomic E-state index is 0.0166. The molecule has 0 aliphatic carbocycles. The summed E-state index contributed by atoms with van der Waals surface area (Å²) in [4.78, 5) is 12.0. The average Bonchev–Trinajstić information content (AvgIpc) is 2.41. The van der Waals surface area contributed by atoms with Gasteiger partial charge in [-0.15, -0.1) is 0 Å². The summed E-state index contributed by atoms with van der Waals surface area (Å²) in [6.07, 6.45) is 0.592. The van der Waals surface area contributed by atoms with Crippen molar-refractivity contribution in [2.45, 2.75) is 13.3 Å². The van der Waals surface area contributed by atoms with E-state index in [1.165, 1.54) is 0 Å². The zero-order valence-electron chi connectivity index (χ0n) is 11.5. The Morgan fingerprint density at radius 1 is 1.19 bits per heavy atom. The van der Waals surface area contributed by atoms with Crippen molar-refractivity contribution in [3.8, 4) is 5.75 Å². The van der Waals surface area contributed by atoms with Gasteiger partial charge in [0.15, 0.2) is 0 Å². The van der Waals surface area contributed by atoms with Gasteiger partial charge in [-0.05, 0) is 48.7 Å². The van der Waals surface area contributed by atoms with Crippen LogP contribution in [0.25, 0.3) is 0 Å². The largest absolute Gasteiger partial charge is 0.507 e. The smallest absolute Gasteiger partial charge is 0.255 e. The lowest BCUT2D eigenvalue weighted by Gasteiger charge is -2.08. The highest BCUT2D eigenvalue weighted by Gasteiger charge is 2.10. The number of phenolic OH excluding ortho intramolecular Hbond substituents is 1. The quantitative estimate of drug-likeness (QED) is 0.894. The third-order valence-corrected chi connectivity index (χ3v) is 3.68. The molecule has 0 aromatic heterocycles. The van der Waals surface area contributed by atoms with Crippen LogP contribution in [-0.2, 0) is 6.42 Å². The molecule has 2 aromatic rings. The van der Waals surface area contributed by atoms with Gasteiger partial charge >= 0.3 is 0 Å². The highest BCUT2D eigenvalue weighted by atomic mass is 35.5. The van der Waals surface area contributed by atoms with Crippen molar-refractivity contribution in [3.63, 3.8) is 0 Å². The number of nitrogens with one attached hydrogen (secondary N) is 1. The standard InChI is InChI=1S/C16H15Cl2NO2/c1-10-2-5-13(15(20)8-10)16(21)19-7-6-11-3-4-12(17)9-14(11)18/h2-5,8-9,20H,6-7H2,1H3,(H,19,21). The van der Waals surface area contributed by atoms with E-state index in [4.69, 9.17) is 23.2 Å². The van der Waals surface area contributed by atoms with Gasteiger partial charge in [0.1, 0.15) is 5.75 Å². The SMILES string of the molecule is Cc1ccc(C(=O)NCCc2ccc(Cl)cc2Cl)c(O)c1. The number of halogens is 2. The van der Waals surface area contributed by atoms with E-state index in [2.05, 4.69) is 5.32 Å². The van der Waals surface area contributed by atoms with Crippen LogP contribution >= 0.6 is 23.2 Å². The maximum Gasteiger partial charge on any atom is 0.255 e. The second-order valence-corrected chi connectivity index (χ2v) is 5.61. The summed E-state index contributed by atoms with van der Waals surface area (Å²) in [6, 6.07) is 10.2. The minimum Gasteiger partial charge on any atom is -0.507 e. The van der Waals surface area contributed by atoms with Crippen molar-refractivity contribution < 1.29 is 9.90 Å². The molecule has 0 saturated carbocycles. The Morgan fingerprint density at radius 3 is 2.62 bits per heavy atom. The summed E-state index contributed by atoms with van der Waals surface area (Å²) in [5.41, 5.74) is 2.08. The van der Waals surface area contributed by atoms with Gasteiger partial charge in [0, 0.05) is 16.6 Å². The van der Waals surface area contributed by atoms with E-state index in [0.29, 0.717) is 23.0 Å². The van der Waals surface area contributed by atoms with Crippen LogP contribution in [0, 0.1) is 6.92 Å². The van der Waals surface area contributed by atoms with Gasteiger partial charge in [-0.2, -0.15) is 0 Å². The highest BCUT2D eigenvalue weighted by molar-refractivity contribution is 6.35. The number of hydrogen-bond acceptors (Lipinski definition) is 2. The molecule has 1 amide bonds. The molecule has 0 unspecified atom stereocenters. The third kappa shape index (κ3) is 4.13. The van der Waals surface area contributed by atoms with Crippen LogP contribution in [0.1, 0.15) is 21.5 Å². The van der Waals surface area contributed by atoms with E-state index in [0.717, 1.165) is 11.1 Å². The van der Waals surface area contributed by atoms with Gasteiger partial charge in [0.25, 0.3) is 5.91 Å². The molecule has 2 aromatic carbocycles. The van der Waals surface area contributed by atoms with Gasteiger partial charge in [-0.1, -0.05) is 35.3 Å². The number of amides is 1. The fourth-order valence-corrected chi connectivity index (χ4v) is 2.47. The summed E-state index contributed by atoms with van der Waals surface area (Å²) in [7, 11) is 0. The van der Waals surface area contributed by atoms with Gasteiger partial charge in [-0.3, -0.25) is 4.79 Å². The molecule has 3 nitrogen and oxygen atoms in total. The lowest BCUT2D eigenvalue weighted by atomic mass is 10.1. The maximum atomic E-state index is 12.0. The lowest BCUT2D eigenvalue weighted by Crippen LogP contribution is -2.25. The van der Waals surface area contributed by atoms with Crippen LogP contribution in [0.3, 0.4) is 0 Å². The van der Waals surface area contributed by atoms with Crippen molar-refractivity contribution in [2.24, 2.45) is 0 Å². The third-order valence-electron chi connectivity index (χ3n) is 3.09. The van der Waals surface area contributed by atoms with E-state index >= 15 is 0 Å². The molecule has 2 N–H and O–H groups in total. The number of aromatic hydroxyl groups is 1. The molecule has 0 saturated heterocycles. The van der Waals surface area contributed by atoms with Crippen LogP contribution in [0.5, 0.6) is 5.75 Å². The average molecular weight is 324 g/mol. The Bertz CT molecular complexity index is 671. The second-order valence-electron chi connectivity index (χ2n) is 4.76. The van der Waals surface area contributed by atoms with E-state index in [1.807, 2.05) is 13.0 Å². The molecule has 21 heavy (non-hydrogen) atoms. The van der Waals surface area contributed by atoms with Crippen LogP contribution in [-0.4, -0.2) is 17.6 Å². The Labute approximate surface area is 133 Å². The molecule has 0 radical (unpaired) electrons. The molecule has 110 valence electrons. The fraction of sp³-hybridized carbons (Fsp3) is 0.188. The number of rotatable bonds is 4. The predicted molar refractivity (Wildman–Crippen MR) is 85.3 cm³/mol. The number of carbonyl (C=O) groups excluding carboxylic acids is 1. The Balaban J connectivity index is 1.95. The summed E-state index contributed by atoms with van der Waals surface area (Å²) in [5.74, 6) is -0.324. The Kier molecular flexibility index (Phi) is 5.10. The molecule has 0 spiro atoms. The number of aryl methyl sites for hydroxylation is 1. The topological polar surface area (TPSA) is 49.3 Å². The molecule has 0 aliphatic rings. The van der Waals surface area contributed by atoms with Crippen molar-refractivity contribution in [1.82, 2.24) is 5.32 Å². The Hall–Kier alpha value is -1.71. The van der Waals surface area contributed by atoms with Gasteiger partial charge in [0.05, 0.1) is 5.56 Å². The summed E-state index contributed by atoms with van der Waals surface area (Å²) in [6.45, 7) is 2.28. The van der Waals surface area contributed by atoms with Gasteiger partial charge in [-0.25, -0.2) is 0 Å². The number of benzene rings is 2. The van der Waals surface area contributed by atoms with Crippen LogP contribution in [0.4, 0.5) is 0 Å². The first kappa shape index (κ1) is 15.7. The first-order chi connectivity index (χ1) is 9.97. The van der Waals surface area contributed by atoms with Gasteiger partial charge in [0.2, 0.25) is 0 Å². The molecule has 5 heteroatoms. The maximum absolute atomic E-state index is 12.0. The summed E-state index contributed by atoms with van der Waals surface area (Å²) >= 11 is 11.9. The van der Waals surface area contributed by atoms with Crippen molar-refractivity contribution in [2.75, 3.05) is 6.54 Å². The molecule has 0 fully saturated rings. The number of carbonyl (C=O) groups is 1. The van der Waals surface area contributed by atoms with Crippen LogP contribution in [0.2, 0.25) is 10.0 Å². The Morgan fingerprint density at radius 2 is 1.95 bits per heavy atom. The van der Waals surface area contributed by atoms with E-state index < -0.39 is 0 Å². The molecule has 0 atom stereocenters. The zero-order chi connectivity index (χ0) is 15.4. The van der Waals surface area contributed by atoms with Crippen LogP contribution in [0.15, 0.2) is 36.4 Å². The summed E-state index contributed by atoms with van der Waals surface area (Å²) < 4.78 is 0. The predicted octanol–water partition coefficient (Wildman–Crippen LogP) is 3.98. The first-order valence-electron chi connectivity index (χ1n) is 6.49. The fourth-order valence-electron chi connectivity index (χ4n) is 1.96. The van der Waals surface area contributed by atoms with Crippen molar-refractivity contribution in [1.29, 1.82) is 0 Å².